The van der Waals surface area contributed by atoms with Gasteiger partial charge in [0.25, 0.3) is 0 Å². The monoisotopic (exact) mass is 1630 g/mol. The van der Waals surface area contributed by atoms with Crippen molar-refractivity contribution in [3.63, 3.8) is 0 Å². The van der Waals surface area contributed by atoms with Gasteiger partial charge in [-0.05, 0) is 308 Å². The SMILES string of the molecule is CC(=O)c1ccc2c(OC3CCCCC3)ccc([S+]3CCCCC3)c2c1.CC(Oc1ccc2ccccc2c1[S+]1CCCC1)C1CC1.CC1CCC[S+]1c1ccc(O)cc1.c1cc(OC2CCCCCC2)c2c([S+]3CCCC3)ccc(OC3CCCCCC3)c2c1.c1ccc2c([S+]3CCCC3)ccc(OCC3CCCCC3)c2c1. The number of Topliss-reactive ketones (excluding diaryl/α,β-unsaturated/α-hetero) is 1. The van der Waals surface area contributed by atoms with Crippen molar-refractivity contribution in [2.45, 2.75) is 300 Å². The summed E-state index contributed by atoms with van der Waals surface area (Å²) in [5.41, 5.74) is 0.814. The summed E-state index contributed by atoms with van der Waals surface area (Å²) in [6.45, 7) is 7.14. The molecule has 0 amide bonds. The van der Waals surface area contributed by atoms with Crippen molar-refractivity contribution in [2.24, 2.45) is 11.8 Å². The molecule has 5 heterocycles. The molecule has 5 saturated heterocycles. The molecule has 608 valence electrons. The topological polar surface area (TPSA) is 83.5 Å². The molecule has 0 bridgehead atoms. The molecular weight excluding hydrogens is 1500 g/mol. The van der Waals surface area contributed by atoms with E-state index in [0.717, 1.165) is 52.3 Å². The van der Waals surface area contributed by atoms with Gasteiger partial charge in [0.15, 0.2) is 31.1 Å². The summed E-state index contributed by atoms with van der Waals surface area (Å²) in [6, 6.07) is 56.5. The third-order valence-corrected chi connectivity index (χ3v) is 39.0. The van der Waals surface area contributed by atoms with E-state index in [1.165, 1.54) is 345 Å². The number of phenols is 1. The van der Waals surface area contributed by atoms with Gasteiger partial charge in [-0.3, -0.25) is 4.79 Å². The number of hydrogen-bond donors (Lipinski definition) is 1. The van der Waals surface area contributed by atoms with Crippen molar-refractivity contribution < 1.29 is 33.6 Å². The lowest BCUT2D eigenvalue weighted by molar-refractivity contribution is 0.101. The molecule has 3 unspecified atom stereocenters. The third-order valence-electron chi connectivity index (χ3n) is 26.0. The van der Waals surface area contributed by atoms with Gasteiger partial charge < -0.3 is 28.8 Å². The molecule has 10 fully saturated rings. The summed E-state index contributed by atoms with van der Waals surface area (Å²) in [4.78, 5) is 19.4. The number of ketones is 1. The number of ether oxygens (including phenoxy) is 5. The Morgan fingerprint density at radius 2 is 0.851 bits per heavy atom. The lowest BCUT2D eigenvalue weighted by Gasteiger charge is -2.24. The van der Waals surface area contributed by atoms with Crippen LogP contribution in [0.1, 0.15) is 256 Å². The van der Waals surface area contributed by atoms with Crippen LogP contribution in [0, 0.1) is 11.8 Å². The summed E-state index contributed by atoms with van der Waals surface area (Å²) >= 11 is 0. The van der Waals surface area contributed by atoms with Crippen LogP contribution in [0.25, 0.3) is 43.1 Å². The zero-order valence-corrected chi connectivity index (χ0v) is 73.4. The second-order valence-electron chi connectivity index (χ2n) is 34.5. The second kappa shape index (κ2) is 42.3. The van der Waals surface area contributed by atoms with E-state index in [-0.39, 0.29) is 5.78 Å². The normalized spacial score (nSPS) is 21.6. The highest BCUT2D eigenvalue weighted by molar-refractivity contribution is 7.98. The molecular formula is C102H133O7S5+5. The number of carbonyl (C=O) groups excluding carboxylic acids is 1. The number of phenolic OH excluding ortho intramolecular Hbond substituents is 1. The van der Waals surface area contributed by atoms with E-state index in [1.54, 1.807) is 24.0 Å². The van der Waals surface area contributed by atoms with Crippen molar-refractivity contribution in [2.75, 3.05) is 58.4 Å². The molecule has 19 rings (SSSR count). The second-order valence-corrected chi connectivity index (χ2v) is 46.0. The summed E-state index contributed by atoms with van der Waals surface area (Å²) in [5, 5.41) is 20.6. The summed E-state index contributed by atoms with van der Waals surface area (Å²) in [7, 11) is 1.97. The molecule has 5 saturated carbocycles. The lowest BCUT2D eigenvalue weighted by atomic mass is 9.90. The number of benzene rings is 9. The fourth-order valence-electron chi connectivity index (χ4n) is 19.2. The van der Waals surface area contributed by atoms with Crippen LogP contribution >= 0.6 is 0 Å². The van der Waals surface area contributed by atoms with Crippen molar-refractivity contribution in [1.29, 1.82) is 0 Å². The minimum Gasteiger partial charge on any atom is -0.508 e. The van der Waals surface area contributed by atoms with Crippen LogP contribution in [-0.2, 0) is 54.5 Å². The largest absolute Gasteiger partial charge is 0.508 e. The van der Waals surface area contributed by atoms with Gasteiger partial charge in [0, 0.05) is 92.4 Å². The number of fused-ring (bicyclic) bond motifs is 4. The van der Waals surface area contributed by atoms with E-state index in [1.807, 2.05) is 6.07 Å². The van der Waals surface area contributed by atoms with Crippen LogP contribution in [-0.4, -0.2) is 98.9 Å². The van der Waals surface area contributed by atoms with Crippen molar-refractivity contribution in [1.82, 2.24) is 0 Å². The fraction of sp³-hybridized carbons (Fsp3) is 0.539. The van der Waals surface area contributed by atoms with Gasteiger partial charge in [0.05, 0.1) is 36.4 Å². The molecule has 1 N–H and O–H groups in total. The van der Waals surface area contributed by atoms with Gasteiger partial charge in [-0.25, -0.2) is 0 Å². The highest BCUT2D eigenvalue weighted by Gasteiger charge is 2.39. The molecule has 114 heavy (non-hydrogen) atoms. The van der Waals surface area contributed by atoms with Crippen molar-refractivity contribution >= 4 is 103 Å². The van der Waals surface area contributed by atoms with Crippen molar-refractivity contribution in [3.05, 3.63) is 163 Å². The Morgan fingerprint density at radius 3 is 1.43 bits per heavy atom. The standard InChI is InChI=1S/C28H39O2S.C23H29O2S.C21H27OS.C19H23OS.C11H14OS/c1-2-6-13-22(12-5-1)29-25-18-19-27(31-20-9-10-21-31)28-24(25)16-11-17-26(28)30-23-14-7-3-4-8-15-23;1-17(24)18-10-11-20-21(16-18)23(26-14-6-3-7-15-26)13-12-22(20)25-19-8-4-2-5-9-19;1-2-8-17(9-3-1)16-22-20-12-13-21(23-14-6-7-15-23)19-11-5-4-10-18(19)20;1-14(15-8-9-15)20-18-11-10-16-6-2-3-7-17(16)19(18)21-12-4-5-13-21;1-9-3-2-8-13(9)11-6-4-10(12)5-7-11/h11,16-19,22-23H,1-10,12-15,20-21H2;10-13,16,19H,2-9,14-15H2,1H3;4-5,10-13,17H,1-3,6-9,14-16H2;2-3,6-7,10-11,14-15H,4-5,8-9,12-13H2,1H3;4-7,9H,2-3,8H2,1H3/q4*+1;/p+1. The first-order chi connectivity index (χ1) is 56.1. The van der Waals surface area contributed by atoms with Crippen LogP contribution in [0.5, 0.6) is 34.5 Å². The van der Waals surface area contributed by atoms with Gasteiger partial charge >= 0.3 is 0 Å². The first-order valence-corrected chi connectivity index (χ1v) is 53.0. The predicted octanol–water partition coefficient (Wildman–Crippen LogP) is 26.6. The minimum absolute atomic E-state index is 0.142. The quantitative estimate of drug-likeness (QED) is 0.0521. The van der Waals surface area contributed by atoms with Gasteiger partial charge in [0.1, 0.15) is 85.8 Å². The average molecular weight is 1630 g/mol. The maximum absolute atomic E-state index is 11.9. The first kappa shape index (κ1) is 83.3. The first-order valence-electron chi connectivity index (χ1n) is 45.3. The van der Waals surface area contributed by atoms with E-state index >= 15 is 0 Å². The van der Waals surface area contributed by atoms with E-state index in [2.05, 4.69) is 153 Å². The number of aromatic hydroxyl groups is 1. The minimum atomic E-state index is 0.142. The maximum atomic E-state index is 11.9. The molecule has 3 atom stereocenters. The molecule has 5 aliphatic heterocycles. The highest BCUT2D eigenvalue weighted by atomic mass is 32.2. The molecule has 7 nitrogen and oxygen atoms in total. The number of hydrogen-bond acceptors (Lipinski definition) is 7. The summed E-state index contributed by atoms with van der Waals surface area (Å²) in [5.74, 6) is 19.6. The van der Waals surface area contributed by atoms with Crippen LogP contribution < -0.4 is 23.7 Å². The zero-order chi connectivity index (χ0) is 77.8. The van der Waals surface area contributed by atoms with Crippen LogP contribution in [0.4, 0.5) is 0 Å². The highest BCUT2D eigenvalue weighted by Crippen LogP contribution is 2.46. The number of carbonyl (C=O) groups is 1. The molecule has 9 aromatic rings. The fourth-order valence-corrected chi connectivity index (χ4v) is 31.9. The molecule has 9 aromatic carbocycles. The van der Waals surface area contributed by atoms with Crippen LogP contribution in [0.3, 0.4) is 0 Å². The Morgan fingerprint density at radius 1 is 0.386 bits per heavy atom. The van der Waals surface area contributed by atoms with Gasteiger partial charge in [-0.1, -0.05) is 112 Å². The molecule has 0 radical (unpaired) electrons. The maximum Gasteiger partial charge on any atom is 0.204 e. The Hall–Kier alpha value is -5.76. The van der Waals surface area contributed by atoms with Gasteiger partial charge in [-0.2, -0.15) is 0 Å². The summed E-state index contributed by atoms with van der Waals surface area (Å²) in [6.07, 6.45) is 47.8. The molecule has 0 aromatic heterocycles. The lowest BCUT2D eigenvalue weighted by Crippen LogP contribution is -2.20. The van der Waals surface area contributed by atoms with E-state index in [9.17, 15) is 4.79 Å². The molecule has 12 heteroatoms. The van der Waals surface area contributed by atoms with Gasteiger partial charge in [0.2, 0.25) is 4.90 Å². The summed E-state index contributed by atoms with van der Waals surface area (Å²) < 4.78 is 32.5. The van der Waals surface area contributed by atoms with E-state index < -0.39 is 0 Å². The van der Waals surface area contributed by atoms with E-state index in [0.29, 0.717) is 84.6 Å². The Kier molecular flexibility index (Phi) is 30.9. The Labute approximate surface area is 699 Å². The number of rotatable bonds is 18. The van der Waals surface area contributed by atoms with Gasteiger partial charge in [-0.15, -0.1) is 0 Å². The molecule has 0 spiro atoms. The zero-order valence-electron chi connectivity index (χ0n) is 69.3. The third kappa shape index (κ3) is 22.2. The van der Waals surface area contributed by atoms with Crippen LogP contribution in [0.15, 0.2) is 182 Å². The van der Waals surface area contributed by atoms with Crippen LogP contribution in [0.2, 0.25) is 0 Å². The van der Waals surface area contributed by atoms with Crippen molar-refractivity contribution in [3.8, 4) is 34.5 Å². The molecule has 5 aliphatic carbocycles. The Bertz CT molecular complexity index is 4500. The smallest absolute Gasteiger partial charge is 0.204 e. The average Bonchev–Trinajstić information content (AvgIpc) is 1.29. The predicted molar refractivity (Wildman–Crippen MR) is 493 cm³/mol. The Balaban J connectivity index is 0.000000115. The van der Waals surface area contributed by atoms with E-state index in [4.69, 9.17) is 28.8 Å². The molecule has 10 aliphatic rings.